The van der Waals surface area contributed by atoms with Crippen molar-refractivity contribution in [3.05, 3.63) is 29.3 Å². The van der Waals surface area contributed by atoms with Crippen LogP contribution in [-0.2, 0) is 4.79 Å². The van der Waals surface area contributed by atoms with Crippen LogP contribution < -0.4 is 5.32 Å². The van der Waals surface area contributed by atoms with E-state index in [0.717, 1.165) is 18.8 Å². The number of nitrogens with one attached hydrogen (secondary N) is 1. The Kier molecular flexibility index (Phi) is 4.55. The number of carbonyl (C=O) groups is 1. The van der Waals surface area contributed by atoms with E-state index in [0.29, 0.717) is 23.9 Å². The number of piperidine rings is 1. The van der Waals surface area contributed by atoms with Crippen LogP contribution >= 0.6 is 11.6 Å². The molecule has 5 heteroatoms. The van der Waals surface area contributed by atoms with Gasteiger partial charge in [0.2, 0.25) is 0 Å². The highest BCUT2D eigenvalue weighted by molar-refractivity contribution is 6.30. The van der Waals surface area contributed by atoms with Crippen molar-refractivity contribution in [3.8, 4) is 0 Å². The summed E-state index contributed by atoms with van der Waals surface area (Å²) in [5, 5.41) is 13.5. The van der Waals surface area contributed by atoms with E-state index in [9.17, 15) is 9.90 Å². The molecule has 2 N–H and O–H groups in total. The minimum absolute atomic E-state index is 0.456. The molecule has 0 aliphatic carbocycles. The zero-order valence-corrected chi connectivity index (χ0v) is 12.7. The largest absolute Gasteiger partial charge is 0.480 e. The second kappa shape index (κ2) is 6.02. The van der Waals surface area contributed by atoms with Crippen LogP contribution in [-0.4, -0.2) is 40.6 Å². The molecule has 110 valence electrons. The average molecular weight is 297 g/mol. The number of aliphatic carboxylic acids is 1. The summed E-state index contributed by atoms with van der Waals surface area (Å²) < 4.78 is 0. The molecule has 0 spiro atoms. The van der Waals surface area contributed by atoms with Gasteiger partial charge in [-0.15, -0.1) is 0 Å². The lowest BCUT2D eigenvalue weighted by Crippen LogP contribution is -2.55. The van der Waals surface area contributed by atoms with Crippen molar-refractivity contribution in [1.82, 2.24) is 4.90 Å². The Morgan fingerprint density at radius 3 is 2.30 bits per heavy atom. The van der Waals surface area contributed by atoms with Gasteiger partial charge >= 0.3 is 5.97 Å². The number of rotatable bonds is 4. The van der Waals surface area contributed by atoms with Crippen LogP contribution in [0.4, 0.5) is 5.69 Å². The summed E-state index contributed by atoms with van der Waals surface area (Å²) in [6.45, 7) is 5.87. The fourth-order valence-electron chi connectivity index (χ4n) is 2.62. The third kappa shape index (κ3) is 3.25. The van der Waals surface area contributed by atoms with E-state index in [1.165, 1.54) is 0 Å². The molecule has 0 unspecified atom stereocenters. The topological polar surface area (TPSA) is 52.6 Å². The molecule has 0 atom stereocenters. The highest BCUT2D eigenvalue weighted by atomic mass is 35.5. The van der Waals surface area contributed by atoms with Gasteiger partial charge in [0.25, 0.3) is 0 Å². The molecule has 0 aromatic heterocycles. The third-order valence-electron chi connectivity index (χ3n) is 4.02. The van der Waals surface area contributed by atoms with Gasteiger partial charge in [-0.3, -0.25) is 0 Å². The van der Waals surface area contributed by atoms with Crippen molar-refractivity contribution in [2.45, 2.75) is 38.3 Å². The molecular formula is C15H21ClN2O2. The summed E-state index contributed by atoms with van der Waals surface area (Å²) in [5.41, 5.74) is -0.0750. The summed E-state index contributed by atoms with van der Waals surface area (Å²) in [6.07, 6.45) is 1.20. The lowest BCUT2D eigenvalue weighted by Gasteiger charge is -2.41. The van der Waals surface area contributed by atoms with Crippen LogP contribution in [0.15, 0.2) is 24.3 Å². The second-order valence-electron chi connectivity index (χ2n) is 5.65. The molecule has 4 nitrogen and oxygen atoms in total. The summed E-state index contributed by atoms with van der Waals surface area (Å²) in [4.78, 5) is 14.0. The Labute approximate surface area is 124 Å². The lowest BCUT2D eigenvalue weighted by atomic mass is 9.86. The molecule has 1 saturated heterocycles. The maximum absolute atomic E-state index is 11.7. The number of halogens is 1. The Balaban J connectivity index is 2.12. The predicted octanol–water partition coefficient (Wildman–Crippen LogP) is 3.08. The molecule has 1 fully saturated rings. The molecule has 1 aliphatic heterocycles. The van der Waals surface area contributed by atoms with Gasteiger partial charge in [0.15, 0.2) is 0 Å². The number of benzene rings is 1. The van der Waals surface area contributed by atoms with E-state index in [1.807, 2.05) is 12.1 Å². The molecule has 1 aromatic rings. The fourth-order valence-corrected chi connectivity index (χ4v) is 2.75. The Hall–Kier alpha value is -1.26. The number of carboxylic acids is 1. The number of anilines is 1. The quantitative estimate of drug-likeness (QED) is 0.896. The van der Waals surface area contributed by atoms with E-state index in [1.54, 1.807) is 12.1 Å². The zero-order chi connectivity index (χ0) is 14.8. The normalized spacial score (nSPS) is 19.0. The van der Waals surface area contributed by atoms with Crippen molar-refractivity contribution < 1.29 is 9.90 Å². The van der Waals surface area contributed by atoms with Crippen molar-refractivity contribution in [3.63, 3.8) is 0 Å². The first-order chi connectivity index (χ1) is 9.43. The highest BCUT2D eigenvalue weighted by Crippen LogP contribution is 2.29. The summed E-state index contributed by atoms with van der Waals surface area (Å²) in [5.74, 6) is -0.782. The van der Waals surface area contributed by atoms with E-state index in [4.69, 9.17) is 11.6 Å². The van der Waals surface area contributed by atoms with Crippen molar-refractivity contribution in [1.29, 1.82) is 0 Å². The number of nitrogens with zero attached hydrogens (tertiary/aromatic N) is 1. The van der Waals surface area contributed by atoms with Gasteiger partial charge in [-0.2, -0.15) is 0 Å². The number of carboxylic acid groups (broad SMARTS) is 1. The van der Waals surface area contributed by atoms with Gasteiger partial charge in [0.1, 0.15) is 5.54 Å². The summed E-state index contributed by atoms with van der Waals surface area (Å²) in [7, 11) is 0. The Morgan fingerprint density at radius 1 is 1.30 bits per heavy atom. The zero-order valence-electron chi connectivity index (χ0n) is 11.9. The SMILES string of the molecule is CC(C)N1CCC(Nc2ccc(Cl)cc2)(C(=O)O)CC1. The van der Waals surface area contributed by atoms with Crippen molar-refractivity contribution >= 4 is 23.3 Å². The molecule has 0 amide bonds. The Morgan fingerprint density at radius 2 is 1.85 bits per heavy atom. The number of hydrogen-bond donors (Lipinski definition) is 2. The third-order valence-corrected chi connectivity index (χ3v) is 4.27. The summed E-state index contributed by atoms with van der Waals surface area (Å²) in [6, 6.07) is 7.63. The van der Waals surface area contributed by atoms with Crippen molar-refractivity contribution in [2.75, 3.05) is 18.4 Å². The number of hydrogen-bond acceptors (Lipinski definition) is 3. The van der Waals surface area contributed by atoms with Crippen LogP contribution in [0.1, 0.15) is 26.7 Å². The lowest BCUT2D eigenvalue weighted by molar-refractivity contribution is -0.144. The Bertz CT molecular complexity index is 465. The highest BCUT2D eigenvalue weighted by Gasteiger charge is 2.41. The van der Waals surface area contributed by atoms with Gasteiger partial charge in [-0.05, 0) is 51.0 Å². The maximum atomic E-state index is 11.7. The molecule has 0 saturated carbocycles. The van der Waals surface area contributed by atoms with Gasteiger partial charge in [-0.25, -0.2) is 4.79 Å². The smallest absolute Gasteiger partial charge is 0.329 e. The molecule has 0 bridgehead atoms. The minimum atomic E-state index is -0.876. The first-order valence-electron chi connectivity index (χ1n) is 6.94. The maximum Gasteiger partial charge on any atom is 0.329 e. The van der Waals surface area contributed by atoms with Gasteiger partial charge in [0.05, 0.1) is 0 Å². The molecule has 1 aliphatic rings. The van der Waals surface area contributed by atoms with Gasteiger partial charge in [-0.1, -0.05) is 11.6 Å². The molecule has 1 aromatic carbocycles. The van der Waals surface area contributed by atoms with Gasteiger partial charge in [0, 0.05) is 29.8 Å². The van der Waals surface area contributed by atoms with Crippen LogP contribution in [0.3, 0.4) is 0 Å². The van der Waals surface area contributed by atoms with Gasteiger partial charge < -0.3 is 15.3 Å². The van der Waals surface area contributed by atoms with Crippen LogP contribution in [0, 0.1) is 0 Å². The molecule has 2 rings (SSSR count). The molecule has 0 radical (unpaired) electrons. The predicted molar refractivity (Wildman–Crippen MR) is 81.4 cm³/mol. The first-order valence-corrected chi connectivity index (χ1v) is 7.32. The fraction of sp³-hybridized carbons (Fsp3) is 0.533. The van der Waals surface area contributed by atoms with Crippen molar-refractivity contribution in [2.24, 2.45) is 0 Å². The number of likely N-dealkylation sites (tertiary alicyclic amines) is 1. The second-order valence-corrected chi connectivity index (χ2v) is 6.09. The average Bonchev–Trinajstić information content (AvgIpc) is 2.42. The minimum Gasteiger partial charge on any atom is -0.480 e. The summed E-state index contributed by atoms with van der Waals surface area (Å²) >= 11 is 5.85. The first kappa shape index (κ1) is 15.1. The van der Waals surface area contributed by atoms with Crippen LogP contribution in [0.5, 0.6) is 0 Å². The molecule has 20 heavy (non-hydrogen) atoms. The van der Waals surface area contributed by atoms with E-state index < -0.39 is 11.5 Å². The molecular weight excluding hydrogens is 276 g/mol. The van der Waals surface area contributed by atoms with E-state index >= 15 is 0 Å². The van der Waals surface area contributed by atoms with E-state index in [2.05, 4.69) is 24.1 Å². The molecule has 1 heterocycles. The standard InChI is InChI=1S/C15H21ClN2O2/c1-11(2)18-9-7-15(8-10-18,14(19)20)17-13-5-3-12(16)4-6-13/h3-6,11,17H,7-10H2,1-2H3,(H,19,20). The van der Waals surface area contributed by atoms with E-state index in [-0.39, 0.29) is 0 Å². The monoisotopic (exact) mass is 296 g/mol. The van der Waals surface area contributed by atoms with Crippen LogP contribution in [0.25, 0.3) is 0 Å². The van der Waals surface area contributed by atoms with Crippen LogP contribution in [0.2, 0.25) is 5.02 Å².